The lowest BCUT2D eigenvalue weighted by Crippen LogP contribution is -2.52. The van der Waals surface area contributed by atoms with Gasteiger partial charge in [0.05, 0.1) is 18.8 Å². The molecule has 2 rings (SSSR count). The van der Waals surface area contributed by atoms with Gasteiger partial charge in [0.2, 0.25) is 5.91 Å². The van der Waals surface area contributed by atoms with Gasteiger partial charge in [0.25, 0.3) is 11.8 Å². The standard InChI is InChI=1S/C16H22N4O4/c1-3-8-17-16(23)14-9-20(10-15(22)19-18-11(2)21)12-6-4-5-7-13(12)24-14/h4-7,14H,3,8-10H2,1-2H3,(H,17,23)(H,18,21)(H,19,22)/t14-/m0/s1. The summed E-state index contributed by atoms with van der Waals surface area (Å²) in [5, 5.41) is 2.80. The van der Waals surface area contributed by atoms with Gasteiger partial charge in [-0.3, -0.25) is 25.2 Å². The third kappa shape index (κ3) is 4.61. The first-order valence-electron chi connectivity index (χ1n) is 7.85. The molecule has 0 bridgehead atoms. The molecule has 0 unspecified atom stereocenters. The molecule has 1 atom stereocenters. The maximum absolute atomic E-state index is 12.2. The second-order valence-electron chi connectivity index (χ2n) is 5.48. The second-order valence-corrected chi connectivity index (χ2v) is 5.48. The molecule has 0 saturated carbocycles. The van der Waals surface area contributed by atoms with Crippen molar-refractivity contribution in [3.05, 3.63) is 24.3 Å². The van der Waals surface area contributed by atoms with E-state index in [1.165, 1.54) is 6.92 Å². The lowest BCUT2D eigenvalue weighted by atomic mass is 10.1. The zero-order chi connectivity index (χ0) is 17.5. The van der Waals surface area contributed by atoms with Crippen LogP contribution in [0, 0.1) is 0 Å². The van der Waals surface area contributed by atoms with Crippen molar-refractivity contribution in [1.82, 2.24) is 16.2 Å². The summed E-state index contributed by atoms with van der Waals surface area (Å²) < 4.78 is 5.75. The topological polar surface area (TPSA) is 99.8 Å². The fourth-order valence-electron chi connectivity index (χ4n) is 2.33. The first kappa shape index (κ1) is 17.6. The van der Waals surface area contributed by atoms with Crippen molar-refractivity contribution < 1.29 is 19.1 Å². The molecule has 1 aromatic carbocycles. The molecule has 1 heterocycles. The Bertz CT molecular complexity index is 620. The van der Waals surface area contributed by atoms with E-state index in [1.54, 1.807) is 17.0 Å². The minimum Gasteiger partial charge on any atom is -0.477 e. The molecule has 1 aliphatic heterocycles. The van der Waals surface area contributed by atoms with Crippen molar-refractivity contribution in [2.24, 2.45) is 0 Å². The first-order valence-corrected chi connectivity index (χ1v) is 7.85. The van der Waals surface area contributed by atoms with Crippen molar-refractivity contribution >= 4 is 23.4 Å². The van der Waals surface area contributed by atoms with E-state index in [4.69, 9.17) is 4.74 Å². The van der Waals surface area contributed by atoms with E-state index in [0.29, 0.717) is 12.3 Å². The van der Waals surface area contributed by atoms with E-state index in [-0.39, 0.29) is 30.8 Å². The molecular formula is C16H22N4O4. The number of amides is 3. The molecule has 3 N–H and O–H groups in total. The van der Waals surface area contributed by atoms with Crippen LogP contribution in [0.3, 0.4) is 0 Å². The third-order valence-corrected chi connectivity index (χ3v) is 3.42. The minimum atomic E-state index is -0.694. The van der Waals surface area contributed by atoms with Crippen molar-refractivity contribution in [3.8, 4) is 5.75 Å². The van der Waals surface area contributed by atoms with Gasteiger partial charge in [-0.15, -0.1) is 0 Å². The van der Waals surface area contributed by atoms with Gasteiger partial charge in [0, 0.05) is 13.5 Å². The quantitative estimate of drug-likeness (QED) is 0.656. The first-order chi connectivity index (χ1) is 11.5. The number of rotatable bonds is 5. The Hall–Kier alpha value is -2.77. The SMILES string of the molecule is CCCNC(=O)[C@@H]1CN(CC(=O)NNC(C)=O)c2ccccc2O1. The monoisotopic (exact) mass is 334 g/mol. The fourth-order valence-corrected chi connectivity index (χ4v) is 2.33. The Kier molecular flexibility index (Phi) is 6.00. The average Bonchev–Trinajstić information content (AvgIpc) is 2.57. The van der Waals surface area contributed by atoms with Crippen molar-refractivity contribution in [3.63, 3.8) is 0 Å². The van der Waals surface area contributed by atoms with Gasteiger partial charge in [-0.05, 0) is 18.6 Å². The molecule has 24 heavy (non-hydrogen) atoms. The number of fused-ring (bicyclic) bond motifs is 1. The summed E-state index contributed by atoms with van der Waals surface area (Å²) in [6, 6.07) is 7.22. The molecule has 130 valence electrons. The van der Waals surface area contributed by atoms with Crippen LogP contribution in [0.25, 0.3) is 0 Å². The molecule has 3 amide bonds. The van der Waals surface area contributed by atoms with Gasteiger partial charge in [0.15, 0.2) is 6.10 Å². The minimum absolute atomic E-state index is 0.00177. The molecule has 0 fully saturated rings. The Morgan fingerprint density at radius 3 is 2.71 bits per heavy atom. The molecule has 1 aromatic rings. The van der Waals surface area contributed by atoms with Gasteiger partial charge < -0.3 is 15.0 Å². The number of nitrogens with one attached hydrogen (secondary N) is 3. The number of anilines is 1. The van der Waals surface area contributed by atoms with Crippen LogP contribution >= 0.6 is 0 Å². The van der Waals surface area contributed by atoms with E-state index < -0.39 is 6.10 Å². The summed E-state index contributed by atoms with van der Waals surface area (Å²) >= 11 is 0. The highest BCUT2D eigenvalue weighted by atomic mass is 16.5. The van der Waals surface area contributed by atoms with Gasteiger partial charge in [-0.1, -0.05) is 19.1 Å². The smallest absolute Gasteiger partial charge is 0.262 e. The number of hydrogen-bond donors (Lipinski definition) is 3. The van der Waals surface area contributed by atoms with E-state index in [1.807, 2.05) is 19.1 Å². The number of carbonyl (C=O) groups excluding carboxylic acids is 3. The molecule has 8 heteroatoms. The van der Waals surface area contributed by atoms with Crippen LogP contribution in [0.5, 0.6) is 5.75 Å². The number of hydrogen-bond acceptors (Lipinski definition) is 5. The summed E-state index contributed by atoms with van der Waals surface area (Å²) in [6.45, 7) is 4.09. The lowest BCUT2D eigenvalue weighted by Gasteiger charge is -2.35. The second kappa shape index (κ2) is 8.19. The average molecular weight is 334 g/mol. The molecule has 0 aromatic heterocycles. The predicted molar refractivity (Wildman–Crippen MR) is 88.3 cm³/mol. The maximum Gasteiger partial charge on any atom is 0.262 e. The maximum atomic E-state index is 12.2. The van der Waals surface area contributed by atoms with Gasteiger partial charge in [0.1, 0.15) is 5.75 Å². The van der Waals surface area contributed by atoms with Gasteiger partial charge in [-0.25, -0.2) is 0 Å². The Morgan fingerprint density at radius 2 is 2.00 bits per heavy atom. The zero-order valence-electron chi connectivity index (χ0n) is 13.8. The Labute approximate surface area is 140 Å². The number of para-hydroxylation sites is 2. The highest BCUT2D eigenvalue weighted by molar-refractivity contribution is 5.87. The van der Waals surface area contributed by atoms with Crippen LogP contribution in [0.4, 0.5) is 5.69 Å². The van der Waals surface area contributed by atoms with Crippen LogP contribution in [0.1, 0.15) is 20.3 Å². The number of nitrogens with zero attached hydrogens (tertiary/aromatic N) is 1. The number of ether oxygens (including phenoxy) is 1. The van der Waals surface area contributed by atoms with Gasteiger partial charge in [-0.2, -0.15) is 0 Å². The van der Waals surface area contributed by atoms with E-state index in [9.17, 15) is 14.4 Å². The molecule has 1 aliphatic rings. The summed E-state index contributed by atoms with van der Waals surface area (Å²) in [5.41, 5.74) is 5.29. The fraction of sp³-hybridized carbons (Fsp3) is 0.438. The van der Waals surface area contributed by atoms with E-state index in [0.717, 1.165) is 12.1 Å². The summed E-state index contributed by atoms with van der Waals surface area (Å²) in [4.78, 5) is 36.8. The molecule has 0 radical (unpaired) electrons. The van der Waals surface area contributed by atoms with Crippen LogP contribution < -0.4 is 25.8 Å². The van der Waals surface area contributed by atoms with Crippen molar-refractivity contribution in [1.29, 1.82) is 0 Å². The van der Waals surface area contributed by atoms with Crippen LogP contribution in [-0.2, 0) is 14.4 Å². The Morgan fingerprint density at radius 1 is 1.25 bits per heavy atom. The molecule has 0 saturated heterocycles. The zero-order valence-corrected chi connectivity index (χ0v) is 13.8. The summed E-state index contributed by atoms with van der Waals surface area (Å²) in [7, 11) is 0. The van der Waals surface area contributed by atoms with Crippen LogP contribution in [0.2, 0.25) is 0 Å². The summed E-state index contributed by atoms with van der Waals surface area (Å²) in [6.07, 6.45) is 0.137. The molecule has 0 aliphatic carbocycles. The molecular weight excluding hydrogens is 312 g/mol. The third-order valence-electron chi connectivity index (χ3n) is 3.42. The van der Waals surface area contributed by atoms with E-state index >= 15 is 0 Å². The molecule has 8 nitrogen and oxygen atoms in total. The van der Waals surface area contributed by atoms with Crippen molar-refractivity contribution in [2.45, 2.75) is 26.4 Å². The lowest BCUT2D eigenvalue weighted by molar-refractivity contribution is -0.128. The van der Waals surface area contributed by atoms with Crippen LogP contribution in [0.15, 0.2) is 24.3 Å². The highest BCUT2D eigenvalue weighted by Crippen LogP contribution is 2.32. The van der Waals surface area contributed by atoms with E-state index in [2.05, 4.69) is 16.2 Å². The van der Waals surface area contributed by atoms with Crippen LogP contribution in [-0.4, -0.2) is 43.5 Å². The largest absolute Gasteiger partial charge is 0.477 e. The Balaban J connectivity index is 2.09. The number of benzene rings is 1. The summed E-state index contributed by atoms with van der Waals surface area (Å²) in [5.74, 6) is -0.400. The number of carbonyl (C=O) groups is 3. The molecule has 0 spiro atoms. The normalized spacial score (nSPS) is 15.8. The van der Waals surface area contributed by atoms with Crippen molar-refractivity contribution in [2.75, 3.05) is 24.5 Å². The van der Waals surface area contributed by atoms with Gasteiger partial charge >= 0.3 is 0 Å². The highest BCUT2D eigenvalue weighted by Gasteiger charge is 2.31. The predicted octanol–water partition coefficient (Wildman–Crippen LogP) is -0.0525. The number of hydrazine groups is 1.